The molecule has 0 heterocycles. The van der Waals surface area contributed by atoms with Gasteiger partial charge in [-0.3, -0.25) is 24.1 Å². The lowest BCUT2D eigenvalue weighted by molar-refractivity contribution is -0.153. The van der Waals surface area contributed by atoms with Crippen LogP contribution >= 0.6 is 0 Å². The number of amides is 2. The Balaban J connectivity index is 1.66. The average molecular weight is 607 g/mol. The second kappa shape index (κ2) is 10.7. The molecule has 1 fully saturated rings. The Bertz CT molecular complexity index is 1680. The van der Waals surface area contributed by atoms with Crippen LogP contribution in [-0.4, -0.2) is 95.7 Å². The number of anilines is 2. The number of phenols is 1. The van der Waals surface area contributed by atoms with Gasteiger partial charge in [-0.2, -0.15) is 0 Å². The first-order valence-corrected chi connectivity index (χ1v) is 13.8. The van der Waals surface area contributed by atoms with Crippen molar-refractivity contribution in [3.05, 3.63) is 63.9 Å². The van der Waals surface area contributed by atoms with Crippen molar-refractivity contribution in [3.63, 3.8) is 0 Å². The Morgan fingerprint density at radius 3 is 2.25 bits per heavy atom. The van der Waals surface area contributed by atoms with Gasteiger partial charge in [-0.15, -0.1) is 0 Å². The van der Waals surface area contributed by atoms with Gasteiger partial charge in [0, 0.05) is 36.8 Å². The number of rotatable bonds is 6. The van der Waals surface area contributed by atoms with Crippen LogP contribution < -0.4 is 20.7 Å². The molecule has 7 N–H and O–H groups in total. The van der Waals surface area contributed by atoms with Gasteiger partial charge < -0.3 is 41.1 Å². The van der Waals surface area contributed by atoms with Gasteiger partial charge >= 0.3 is 0 Å². The maximum atomic E-state index is 14.1. The number of carbonyl (C=O) groups excluding carboxylic acids is 4. The van der Waals surface area contributed by atoms with Crippen molar-refractivity contribution in [1.82, 2.24) is 4.90 Å². The zero-order chi connectivity index (χ0) is 32.4. The predicted octanol–water partition coefficient (Wildman–Crippen LogP) is 1.29. The number of carbonyl (C=O) groups is 4. The minimum Gasteiger partial charge on any atom is -0.508 e. The molecular formula is C31H34N4O9. The van der Waals surface area contributed by atoms with Crippen molar-refractivity contribution in [2.24, 2.45) is 17.6 Å². The second-order valence-electron chi connectivity index (χ2n) is 11.7. The molecular weight excluding hydrogens is 572 g/mol. The lowest BCUT2D eigenvalue weighted by Crippen LogP contribution is -2.65. The summed E-state index contributed by atoms with van der Waals surface area (Å²) >= 11 is 0. The number of hydrogen-bond donors (Lipinski definition) is 6. The minimum absolute atomic E-state index is 0.0324. The van der Waals surface area contributed by atoms with E-state index in [-0.39, 0.29) is 35.2 Å². The number of fused-ring (bicyclic) bond motifs is 3. The Kier molecular flexibility index (Phi) is 7.42. The molecule has 44 heavy (non-hydrogen) atoms. The maximum absolute atomic E-state index is 14.1. The Morgan fingerprint density at radius 2 is 1.70 bits per heavy atom. The van der Waals surface area contributed by atoms with Gasteiger partial charge in [0.25, 0.3) is 11.8 Å². The highest BCUT2D eigenvalue weighted by molar-refractivity contribution is 6.24. The Hall–Kier alpha value is -4.88. The normalized spacial score (nSPS) is 24.5. The highest BCUT2D eigenvalue weighted by Crippen LogP contribution is 2.54. The van der Waals surface area contributed by atoms with Crippen molar-refractivity contribution < 1.29 is 44.3 Å². The quantitative estimate of drug-likeness (QED) is 0.204. The molecule has 0 aliphatic heterocycles. The van der Waals surface area contributed by atoms with E-state index in [0.29, 0.717) is 17.0 Å². The van der Waals surface area contributed by atoms with Crippen molar-refractivity contribution >= 4 is 40.5 Å². The summed E-state index contributed by atoms with van der Waals surface area (Å²) in [6, 6.07) is 6.65. The number of aliphatic hydroxyl groups is 3. The number of hydrogen-bond acceptors (Lipinski definition) is 11. The average Bonchev–Trinajstić information content (AvgIpc) is 2.95. The van der Waals surface area contributed by atoms with E-state index in [1.807, 2.05) is 0 Å². The SMILES string of the molecule is COc1ccc(C(=O)Nc2cc(N(C)C)c3c(c2O)C(O)=C2C(=O)[C@]4(O)C(O)=C(C(N)=O)C(=O)[C@@H](N(C)C)C4CC2C3)cc1. The third kappa shape index (κ3) is 4.38. The summed E-state index contributed by atoms with van der Waals surface area (Å²) in [6.45, 7) is 0. The van der Waals surface area contributed by atoms with Crippen molar-refractivity contribution in [2.75, 3.05) is 45.5 Å². The molecule has 2 aromatic carbocycles. The number of primary amides is 1. The van der Waals surface area contributed by atoms with Gasteiger partial charge in [0.15, 0.2) is 11.4 Å². The van der Waals surface area contributed by atoms with Crippen LogP contribution in [0.5, 0.6) is 11.5 Å². The number of phenolic OH excluding ortho intramolecular Hbond substituents is 1. The lowest BCUT2D eigenvalue weighted by Gasteiger charge is -2.50. The fraction of sp³-hybridized carbons (Fsp3) is 0.355. The van der Waals surface area contributed by atoms with Gasteiger partial charge in [-0.25, -0.2) is 0 Å². The number of aromatic hydroxyl groups is 1. The summed E-state index contributed by atoms with van der Waals surface area (Å²) in [5.74, 6) is -7.49. The first kappa shape index (κ1) is 30.6. The molecule has 0 bridgehead atoms. The lowest BCUT2D eigenvalue weighted by atomic mass is 9.57. The maximum Gasteiger partial charge on any atom is 0.255 e. The number of likely N-dealkylation sites (N-methyl/N-ethyl adjacent to an activating group) is 1. The van der Waals surface area contributed by atoms with Gasteiger partial charge in [0.2, 0.25) is 5.78 Å². The number of Topliss-reactive ketones (excluding diaryl/α,β-unsaturated/α-hetero) is 2. The number of nitrogens with one attached hydrogen (secondary N) is 1. The third-order valence-corrected chi connectivity index (χ3v) is 8.78. The van der Waals surface area contributed by atoms with E-state index in [9.17, 15) is 39.6 Å². The van der Waals surface area contributed by atoms with Crippen molar-refractivity contribution in [3.8, 4) is 11.5 Å². The third-order valence-electron chi connectivity index (χ3n) is 8.78. The summed E-state index contributed by atoms with van der Waals surface area (Å²) in [4.78, 5) is 55.8. The van der Waals surface area contributed by atoms with Crippen LogP contribution in [0, 0.1) is 11.8 Å². The number of methoxy groups -OCH3 is 1. The number of nitrogens with zero attached hydrogens (tertiary/aromatic N) is 2. The molecule has 2 amide bonds. The first-order valence-electron chi connectivity index (χ1n) is 13.8. The van der Waals surface area contributed by atoms with Crippen LogP contribution in [0.3, 0.4) is 0 Å². The smallest absolute Gasteiger partial charge is 0.255 e. The fourth-order valence-electron chi connectivity index (χ4n) is 6.72. The number of nitrogens with two attached hydrogens (primary N) is 1. The van der Waals surface area contributed by atoms with Gasteiger partial charge in [0.1, 0.15) is 28.6 Å². The first-order chi connectivity index (χ1) is 20.6. The van der Waals surface area contributed by atoms with Gasteiger partial charge in [-0.1, -0.05) is 0 Å². The summed E-state index contributed by atoms with van der Waals surface area (Å²) in [6.07, 6.45) is 0.0810. The zero-order valence-electron chi connectivity index (χ0n) is 24.8. The molecule has 2 unspecified atom stereocenters. The summed E-state index contributed by atoms with van der Waals surface area (Å²) in [5.41, 5.74) is 2.57. The number of ether oxygens (including phenoxy) is 1. The number of aliphatic hydroxyl groups excluding tert-OH is 2. The molecule has 3 aliphatic rings. The van der Waals surface area contributed by atoms with E-state index < -0.39 is 69.7 Å². The molecule has 13 heteroatoms. The van der Waals surface area contributed by atoms with Gasteiger partial charge in [-0.05, 0) is 68.8 Å². The molecule has 4 atom stereocenters. The Morgan fingerprint density at radius 1 is 1.07 bits per heavy atom. The Labute approximate surface area is 252 Å². The fourth-order valence-corrected chi connectivity index (χ4v) is 6.72. The zero-order valence-corrected chi connectivity index (χ0v) is 24.8. The van der Waals surface area contributed by atoms with E-state index in [0.717, 1.165) is 0 Å². The molecule has 13 nitrogen and oxygen atoms in total. The molecule has 2 aromatic rings. The number of ketones is 2. The molecule has 5 rings (SSSR count). The van der Waals surface area contributed by atoms with Crippen molar-refractivity contribution in [1.29, 1.82) is 0 Å². The summed E-state index contributed by atoms with van der Waals surface area (Å²) in [5, 5.41) is 48.5. The van der Waals surface area contributed by atoms with E-state index >= 15 is 0 Å². The van der Waals surface area contributed by atoms with Crippen LogP contribution in [0.1, 0.15) is 27.9 Å². The molecule has 232 valence electrons. The molecule has 0 radical (unpaired) electrons. The second-order valence-corrected chi connectivity index (χ2v) is 11.7. The molecule has 3 aliphatic carbocycles. The topological polar surface area (TPSA) is 203 Å². The summed E-state index contributed by atoms with van der Waals surface area (Å²) in [7, 11) is 8.04. The van der Waals surface area contributed by atoms with Gasteiger partial charge in [0.05, 0.1) is 24.4 Å². The molecule has 1 saturated carbocycles. The minimum atomic E-state index is -2.75. The van der Waals surface area contributed by atoms with Crippen LogP contribution in [0.4, 0.5) is 11.4 Å². The molecule has 0 spiro atoms. The highest BCUT2D eigenvalue weighted by Gasteiger charge is 2.64. The summed E-state index contributed by atoms with van der Waals surface area (Å²) < 4.78 is 5.13. The van der Waals surface area contributed by atoms with Crippen molar-refractivity contribution in [2.45, 2.75) is 24.5 Å². The number of benzene rings is 2. The van der Waals surface area contributed by atoms with E-state index in [1.54, 1.807) is 37.2 Å². The highest BCUT2D eigenvalue weighted by atomic mass is 16.5. The van der Waals surface area contributed by atoms with Crippen LogP contribution in [0.25, 0.3) is 5.76 Å². The van der Waals surface area contributed by atoms with E-state index in [1.165, 1.54) is 38.2 Å². The molecule has 0 saturated heterocycles. The standard InChI is InChI=1S/C31H34N4O9/c1-34(2)19-12-18(33-30(42)13-6-8-15(44-5)9-7-13)24(36)21-16(19)10-14-11-17-23(35(3)4)26(38)22(29(32)41)28(40)31(17,43)27(39)20(14)25(21)37/h6-9,12,14,17,23,36-37,40,43H,10-11H2,1-5H3,(H2,32,41)(H,33,42)/t14?,17?,23-,31-/m0/s1. The van der Waals surface area contributed by atoms with E-state index in [4.69, 9.17) is 10.5 Å². The van der Waals surface area contributed by atoms with Crippen LogP contribution in [0.2, 0.25) is 0 Å². The monoisotopic (exact) mass is 606 g/mol. The van der Waals surface area contributed by atoms with Crippen LogP contribution in [-0.2, 0) is 20.8 Å². The van der Waals surface area contributed by atoms with Crippen LogP contribution in [0.15, 0.2) is 47.2 Å². The van der Waals surface area contributed by atoms with E-state index in [2.05, 4.69) is 5.32 Å². The molecule has 0 aromatic heterocycles. The predicted molar refractivity (Wildman–Crippen MR) is 160 cm³/mol. The largest absolute Gasteiger partial charge is 0.508 e.